The van der Waals surface area contributed by atoms with Crippen LogP contribution in [0.5, 0.6) is 0 Å². The van der Waals surface area contributed by atoms with Crippen LogP contribution in [0, 0.1) is 5.92 Å². The first-order valence-electron chi connectivity index (χ1n) is 6.99. The van der Waals surface area contributed by atoms with Crippen LogP contribution in [-0.4, -0.2) is 23.8 Å². The van der Waals surface area contributed by atoms with Crippen LogP contribution >= 0.6 is 0 Å². The minimum Gasteiger partial charge on any atom is -0.393 e. The van der Waals surface area contributed by atoms with E-state index in [1.807, 2.05) is 0 Å². The van der Waals surface area contributed by atoms with Gasteiger partial charge in [-0.25, -0.2) is 0 Å². The molecular formula is C14H31NO. The third kappa shape index (κ3) is 9.17. The molecule has 0 radical (unpaired) electrons. The molecule has 0 heterocycles. The van der Waals surface area contributed by atoms with Crippen LogP contribution in [0.4, 0.5) is 0 Å². The molecular weight excluding hydrogens is 198 g/mol. The largest absolute Gasteiger partial charge is 0.393 e. The molecule has 0 aromatic carbocycles. The van der Waals surface area contributed by atoms with Crippen molar-refractivity contribution in [3.8, 4) is 0 Å². The van der Waals surface area contributed by atoms with E-state index in [9.17, 15) is 5.11 Å². The summed E-state index contributed by atoms with van der Waals surface area (Å²) in [5.74, 6) is 0.377. The number of rotatable bonds is 10. The second-order valence-corrected chi connectivity index (χ2v) is 5.30. The van der Waals surface area contributed by atoms with Crippen LogP contribution in [0.15, 0.2) is 0 Å². The topological polar surface area (TPSA) is 32.3 Å². The number of unbranched alkanes of at least 4 members (excludes halogenated alkanes) is 3. The van der Waals surface area contributed by atoms with Crippen LogP contribution in [0.25, 0.3) is 0 Å². The van der Waals surface area contributed by atoms with Crippen molar-refractivity contribution in [2.75, 3.05) is 6.54 Å². The van der Waals surface area contributed by atoms with Gasteiger partial charge in [0.05, 0.1) is 6.10 Å². The number of aliphatic hydroxyl groups is 1. The van der Waals surface area contributed by atoms with E-state index in [1.165, 1.54) is 32.1 Å². The molecule has 0 spiro atoms. The Bertz CT molecular complexity index is 148. The summed E-state index contributed by atoms with van der Waals surface area (Å²) in [6, 6.07) is 0.594. The first-order chi connectivity index (χ1) is 7.57. The minimum absolute atomic E-state index is 0.153. The standard InChI is InChI=1S/C14H31NO/c1-5-6-7-8-9-13(4)15-11-10-14(16)12(2)3/h12-16H,5-11H2,1-4H3. The van der Waals surface area contributed by atoms with Gasteiger partial charge in [0.15, 0.2) is 0 Å². The van der Waals surface area contributed by atoms with E-state index in [1.54, 1.807) is 0 Å². The molecule has 0 aliphatic heterocycles. The van der Waals surface area contributed by atoms with Gasteiger partial charge in [-0.15, -0.1) is 0 Å². The molecule has 0 aliphatic carbocycles. The van der Waals surface area contributed by atoms with E-state index in [-0.39, 0.29) is 6.10 Å². The van der Waals surface area contributed by atoms with E-state index < -0.39 is 0 Å². The second kappa shape index (κ2) is 10.1. The van der Waals surface area contributed by atoms with Gasteiger partial charge in [-0.2, -0.15) is 0 Å². The highest BCUT2D eigenvalue weighted by Crippen LogP contribution is 2.07. The molecule has 0 aliphatic rings. The molecule has 0 amide bonds. The lowest BCUT2D eigenvalue weighted by molar-refractivity contribution is 0.115. The number of nitrogens with one attached hydrogen (secondary N) is 1. The zero-order chi connectivity index (χ0) is 12.4. The summed E-state index contributed by atoms with van der Waals surface area (Å²) in [6.07, 6.45) is 7.33. The lowest BCUT2D eigenvalue weighted by Crippen LogP contribution is -2.30. The Balaban J connectivity index is 3.33. The van der Waals surface area contributed by atoms with Crippen LogP contribution in [0.2, 0.25) is 0 Å². The molecule has 2 heteroatoms. The van der Waals surface area contributed by atoms with Crippen LogP contribution in [0.3, 0.4) is 0 Å². The molecule has 0 fully saturated rings. The Morgan fingerprint density at radius 3 is 2.25 bits per heavy atom. The molecule has 0 saturated heterocycles. The van der Waals surface area contributed by atoms with Gasteiger partial charge in [0.1, 0.15) is 0 Å². The minimum atomic E-state index is -0.153. The Morgan fingerprint density at radius 1 is 1.00 bits per heavy atom. The predicted octanol–water partition coefficient (Wildman–Crippen LogP) is 3.34. The van der Waals surface area contributed by atoms with E-state index >= 15 is 0 Å². The molecule has 0 saturated carbocycles. The smallest absolute Gasteiger partial charge is 0.0575 e. The first-order valence-corrected chi connectivity index (χ1v) is 6.99. The van der Waals surface area contributed by atoms with Crippen molar-refractivity contribution in [2.45, 2.75) is 78.4 Å². The highest BCUT2D eigenvalue weighted by atomic mass is 16.3. The zero-order valence-electron chi connectivity index (χ0n) is 11.6. The highest BCUT2D eigenvalue weighted by Gasteiger charge is 2.09. The average molecular weight is 229 g/mol. The van der Waals surface area contributed by atoms with Crippen molar-refractivity contribution >= 4 is 0 Å². The van der Waals surface area contributed by atoms with Gasteiger partial charge in [0.25, 0.3) is 0 Å². The summed E-state index contributed by atoms with van der Waals surface area (Å²) in [5, 5.41) is 13.1. The fourth-order valence-electron chi connectivity index (χ4n) is 1.79. The van der Waals surface area contributed by atoms with Gasteiger partial charge in [0.2, 0.25) is 0 Å². The molecule has 0 rings (SSSR count). The van der Waals surface area contributed by atoms with E-state index in [0.717, 1.165) is 13.0 Å². The average Bonchev–Trinajstić information content (AvgIpc) is 2.24. The van der Waals surface area contributed by atoms with Crippen LogP contribution in [0.1, 0.15) is 66.2 Å². The Labute approximate surface area is 102 Å². The lowest BCUT2D eigenvalue weighted by atomic mass is 10.0. The molecule has 2 atom stereocenters. The number of aliphatic hydroxyl groups excluding tert-OH is 1. The molecule has 2 N–H and O–H groups in total. The fraction of sp³-hybridized carbons (Fsp3) is 1.00. The molecule has 98 valence electrons. The third-order valence-electron chi connectivity index (χ3n) is 3.19. The second-order valence-electron chi connectivity index (χ2n) is 5.30. The van der Waals surface area contributed by atoms with Crippen molar-refractivity contribution in [1.82, 2.24) is 5.32 Å². The summed E-state index contributed by atoms with van der Waals surface area (Å²) in [7, 11) is 0. The summed E-state index contributed by atoms with van der Waals surface area (Å²) >= 11 is 0. The SMILES string of the molecule is CCCCCCC(C)NCCC(O)C(C)C. The Kier molecular flexibility index (Phi) is 10.0. The number of hydrogen-bond donors (Lipinski definition) is 2. The maximum absolute atomic E-state index is 9.65. The molecule has 2 unspecified atom stereocenters. The molecule has 0 aromatic heterocycles. The highest BCUT2D eigenvalue weighted by molar-refractivity contribution is 4.65. The molecule has 0 aromatic rings. The van der Waals surface area contributed by atoms with Crippen molar-refractivity contribution < 1.29 is 5.11 Å². The predicted molar refractivity (Wildman–Crippen MR) is 71.7 cm³/mol. The van der Waals surface area contributed by atoms with E-state index in [0.29, 0.717) is 12.0 Å². The van der Waals surface area contributed by atoms with Crippen LogP contribution in [-0.2, 0) is 0 Å². The van der Waals surface area contributed by atoms with Crippen molar-refractivity contribution in [3.05, 3.63) is 0 Å². The van der Waals surface area contributed by atoms with Crippen molar-refractivity contribution in [2.24, 2.45) is 5.92 Å². The van der Waals surface area contributed by atoms with Gasteiger partial charge in [-0.3, -0.25) is 0 Å². The summed E-state index contributed by atoms with van der Waals surface area (Å²) in [6.45, 7) is 9.56. The maximum atomic E-state index is 9.65. The normalized spacial score (nSPS) is 15.4. The summed E-state index contributed by atoms with van der Waals surface area (Å²) in [5.41, 5.74) is 0. The maximum Gasteiger partial charge on any atom is 0.0575 e. The van der Waals surface area contributed by atoms with Gasteiger partial charge in [-0.1, -0.05) is 46.5 Å². The van der Waals surface area contributed by atoms with Gasteiger partial charge in [-0.05, 0) is 32.2 Å². The first kappa shape index (κ1) is 15.9. The molecule has 0 bridgehead atoms. The number of hydrogen-bond acceptors (Lipinski definition) is 2. The molecule has 2 nitrogen and oxygen atoms in total. The van der Waals surface area contributed by atoms with Gasteiger partial charge >= 0.3 is 0 Å². The fourth-order valence-corrected chi connectivity index (χ4v) is 1.79. The Hall–Kier alpha value is -0.0800. The van der Waals surface area contributed by atoms with E-state index in [4.69, 9.17) is 0 Å². The summed E-state index contributed by atoms with van der Waals surface area (Å²) < 4.78 is 0. The quantitative estimate of drug-likeness (QED) is 0.563. The third-order valence-corrected chi connectivity index (χ3v) is 3.19. The summed E-state index contributed by atoms with van der Waals surface area (Å²) in [4.78, 5) is 0. The van der Waals surface area contributed by atoms with Gasteiger partial charge in [0, 0.05) is 6.04 Å². The zero-order valence-corrected chi connectivity index (χ0v) is 11.6. The van der Waals surface area contributed by atoms with Crippen LogP contribution < -0.4 is 5.32 Å². The monoisotopic (exact) mass is 229 g/mol. The molecule has 16 heavy (non-hydrogen) atoms. The van der Waals surface area contributed by atoms with Crippen molar-refractivity contribution in [3.63, 3.8) is 0 Å². The van der Waals surface area contributed by atoms with E-state index in [2.05, 4.69) is 33.0 Å². The van der Waals surface area contributed by atoms with Crippen molar-refractivity contribution in [1.29, 1.82) is 0 Å². The van der Waals surface area contributed by atoms with Gasteiger partial charge < -0.3 is 10.4 Å². The Morgan fingerprint density at radius 2 is 1.69 bits per heavy atom. The lowest BCUT2D eigenvalue weighted by Gasteiger charge is -2.17.